The summed E-state index contributed by atoms with van der Waals surface area (Å²) >= 11 is 1.57. The third-order valence-corrected chi connectivity index (χ3v) is 6.97. The fourth-order valence-corrected chi connectivity index (χ4v) is 4.79. The van der Waals surface area contributed by atoms with Crippen LogP contribution in [0, 0.1) is 0 Å². The topological polar surface area (TPSA) is 99.2 Å². The number of halogens is 1. The Balaban J connectivity index is 1.55. The number of hydrogen-bond donors (Lipinski definition) is 4. The molecule has 1 unspecified atom stereocenters. The van der Waals surface area contributed by atoms with Crippen LogP contribution in [-0.2, 0) is 0 Å². The van der Waals surface area contributed by atoms with Gasteiger partial charge >= 0.3 is 0 Å². The number of nitrogens with one attached hydrogen (secondary N) is 3. The highest BCUT2D eigenvalue weighted by molar-refractivity contribution is 7.16. The third-order valence-electron chi connectivity index (χ3n) is 6.18. The average Bonchev–Trinajstić information content (AvgIpc) is 3.11. The quantitative estimate of drug-likeness (QED) is 0.319. The lowest BCUT2D eigenvalue weighted by molar-refractivity contribution is -0.00177. The van der Waals surface area contributed by atoms with Crippen molar-refractivity contribution in [3.63, 3.8) is 0 Å². The van der Waals surface area contributed by atoms with Gasteiger partial charge < -0.3 is 21.1 Å². The Morgan fingerprint density at radius 1 is 1.21 bits per heavy atom. The van der Waals surface area contributed by atoms with Crippen LogP contribution in [0.5, 0.6) is 0 Å². The van der Waals surface area contributed by atoms with Crippen LogP contribution in [0.25, 0.3) is 10.2 Å². The number of aromatic nitrogens is 2. The molecule has 1 aliphatic rings. The van der Waals surface area contributed by atoms with Crippen LogP contribution in [0.2, 0.25) is 0 Å². The fraction of sp³-hybridized carbons (Fsp3) is 0.480. The zero-order chi connectivity index (χ0) is 24.1. The largest absolute Gasteiger partial charge is 0.387 e. The Kier molecular flexibility index (Phi) is 7.63. The average molecular weight is 486 g/mol. The highest BCUT2D eigenvalue weighted by Crippen LogP contribution is 2.28. The van der Waals surface area contributed by atoms with Gasteiger partial charge in [0, 0.05) is 24.0 Å². The first-order chi connectivity index (χ1) is 16.3. The van der Waals surface area contributed by atoms with Gasteiger partial charge in [0.2, 0.25) is 0 Å². The number of carbonyl (C=O) groups is 1. The highest BCUT2D eigenvalue weighted by atomic mass is 32.1. The van der Waals surface area contributed by atoms with E-state index in [0.29, 0.717) is 17.1 Å². The summed E-state index contributed by atoms with van der Waals surface area (Å²) in [5, 5.41) is 19.3. The van der Waals surface area contributed by atoms with Crippen LogP contribution >= 0.6 is 11.3 Å². The lowest BCUT2D eigenvalue weighted by Crippen LogP contribution is -2.42. The van der Waals surface area contributed by atoms with Gasteiger partial charge in [0.1, 0.15) is 12.0 Å². The lowest BCUT2D eigenvalue weighted by atomic mass is 10.0. The van der Waals surface area contributed by atoms with Gasteiger partial charge in [0.15, 0.2) is 0 Å². The number of anilines is 3. The molecular weight excluding hydrogens is 453 g/mol. The molecule has 1 aliphatic carbocycles. The van der Waals surface area contributed by atoms with Crippen LogP contribution in [0.4, 0.5) is 21.6 Å². The van der Waals surface area contributed by atoms with E-state index in [-0.39, 0.29) is 12.6 Å². The third kappa shape index (κ3) is 6.21. The summed E-state index contributed by atoms with van der Waals surface area (Å²) in [5.41, 5.74) is 3.14. The summed E-state index contributed by atoms with van der Waals surface area (Å²) in [7, 11) is 0. The number of hydrogen-bond acceptors (Lipinski definition) is 7. The Morgan fingerprint density at radius 2 is 1.97 bits per heavy atom. The first-order valence-electron chi connectivity index (χ1n) is 11.8. The number of nitrogens with zero attached hydrogens (tertiary/aromatic N) is 2. The van der Waals surface area contributed by atoms with Crippen LogP contribution in [0.15, 0.2) is 36.0 Å². The molecule has 1 fully saturated rings. The van der Waals surface area contributed by atoms with Gasteiger partial charge in [-0.2, -0.15) is 0 Å². The summed E-state index contributed by atoms with van der Waals surface area (Å²) in [4.78, 5) is 21.7. The second kappa shape index (κ2) is 10.7. The van der Waals surface area contributed by atoms with Crippen molar-refractivity contribution < 1.29 is 14.3 Å². The van der Waals surface area contributed by atoms with E-state index in [9.17, 15) is 14.3 Å². The monoisotopic (exact) mass is 485 g/mol. The fourth-order valence-electron chi connectivity index (χ4n) is 4.08. The summed E-state index contributed by atoms with van der Waals surface area (Å²) in [6, 6.07) is 8.02. The number of amides is 1. The van der Waals surface area contributed by atoms with Gasteiger partial charge in [-0.1, -0.05) is 25.7 Å². The minimum atomic E-state index is -1.58. The first kappa shape index (κ1) is 24.3. The summed E-state index contributed by atoms with van der Waals surface area (Å²) in [6.07, 6.45) is 6.77. The van der Waals surface area contributed by atoms with E-state index in [2.05, 4.69) is 25.9 Å². The van der Waals surface area contributed by atoms with Gasteiger partial charge in [-0.3, -0.25) is 4.79 Å². The number of rotatable bonds is 8. The molecule has 0 spiro atoms. The van der Waals surface area contributed by atoms with E-state index >= 15 is 0 Å². The molecule has 3 aromatic rings. The molecule has 0 saturated heterocycles. The van der Waals surface area contributed by atoms with E-state index in [0.717, 1.165) is 41.6 Å². The Hall–Kier alpha value is -2.78. The first-order valence-corrected chi connectivity index (χ1v) is 12.7. The molecule has 7 nitrogen and oxygen atoms in total. The molecule has 4 N–H and O–H groups in total. The van der Waals surface area contributed by atoms with Crippen molar-refractivity contribution in [3.8, 4) is 0 Å². The molecule has 1 saturated carbocycles. The van der Waals surface area contributed by atoms with E-state index in [1.54, 1.807) is 11.3 Å². The zero-order valence-corrected chi connectivity index (χ0v) is 20.4. The molecule has 1 amide bonds. The molecule has 1 aromatic carbocycles. The van der Waals surface area contributed by atoms with Crippen molar-refractivity contribution in [2.24, 2.45) is 0 Å². The molecule has 9 heteroatoms. The van der Waals surface area contributed by atoms with Crippen molar-refractivity contribution in [2.75, 3.05) is 17.2 Å². The van der Waals surface area contributed by atoms with Crippen LogP contribution < -0.4 is 16.0 Å². The second-order valence-electron chi connectivity index (χ2n) is 9.44. The van der Waals surface area contributed by atoms with Gasteiger partial charge in [-0.15, -0.1) is 11.3 Å². The van der Waals surface area contributed by atoms with Crippen LogP contribution in [0.3, 0.4) is 0 Å². The molecular formula is C25H32FN5O2S. The highest BCUT2D eigenvalue weighted by Gasteiger charge is 2.27. The number of benzene rings is 1. The predicted octanol–water partition coefficient (Wildman–Crippen LogP) is 5.41. The summed E-state index contributed by atoms with van der Waals surface area (Å²) in [6.45, 7) is 2.49. The smallest absolute Gasteiger partial charge is 0.255 e. The summed E-state index contributed by atoms with van der Waals surface area (Å²) < 4.78 is 15.3. The van der Waals surface area contributed by atoms with Gasteiger partial charge in [0.05, 0.1) is 39.1 Å². The number of thiazole rings is 1. The summed E-state index contributed by atoms with van der Waals surface area (Å²) in [5.74, 6) is 0.185. The molecule has 0 radical (unpaired) electrons. The number of pyridine rings is 1. The SMILES string of the molecule is CC(C)(O)C(F)CNC(=O)c1cnc(Nc2ccc3ncsc3c2)cc1NC1CCCCCC1. The number of carbonyl (C=O) groups excluding carboxylic acids is 1. The molecule has 34 heavy (non-hydrogen) atoms. The van der Waals surface area contributed by atoms with Gasteiger partial charge in [-0.05, 0) is 44.9 Å². The minimum Gasteiger partial charge on any atom is -0.387 e. The second-order valence-corrected chi connectivity index (χ2v) is 10.3. The molecule has 182 valence electrons. The molecule has 4 rings (SSSR count). The molecule has 2 aromatic heterocycles. The van der Waals surface area contributed by atoms with E-state index in [1.165, 1.54) is 32.9 Å². The Bertz CT molecular complexity index is 1120. The van der Waals surface area contributed by atoms with Crippen molar-refractivity contribution in [3.05, 3.63) is 41.5 Å². The molecule has 2 heterocycles. The number of alkyl halides is 1. The standard InChI is InChI=1S/C25H32FN5O2S/c1-25(2,33)22(26)14-28-24(32)18-13-27-23(12-20(18)30-16-7-5-3-4-6-8-16)31-17-9-10-19-21(11-17)34-15-29-19/h9-13,15-16,22,33H,3-8,14H2,1-2H3,(H,28,32)(H2,27,30,31). The molecule has 1 atom stereocenters. The predicted molar refractivity (Wildman–Crippen MR) is 136 cm³/mol. The van der Waals surface area contributed by atoms with Crippen molar-refractivity contribution in [1.29, 1.82) is 0 Å². The maximum absolute atomic E-state index is 14.2. The van der Waals surface area contributed by atoms with E-state index in [1.807, 2.05) is 29.8 Å². The van der Waals surface area contributed by atoms with Crippen LogP contribution in [-0.4, -0.2) is 45.3 Å². The van der Waals surface area contributed by atoms with Crippen molar-refractivity contribution in [2.45, 2.75) is 70.2 Å². The Morgan fingerprint density at radius 3 is 2.71 bits per heavy atom. The van der Waals surface area contributed by atoms with Crippen LogP contribution in [0.1, 0.15) is 62.7 Å². The number of aliphatic hydroxyl groups is 1. The zero-order valence-electron chi connectivity index (χ0n) is 19.6. The Labute approximate surface area is 203 Å². The van der Waals surface area contributed by atoms with E-state index < -0.39 is 17.7 Å². The molecule has 0 bridgehead atoms. The van der Waals surface area contributed by atoms with E-state index in [4.69, 9.17) is 0 Å². The molecule has 0 aliphatic heterocycles. The normalized spacial score (nSPS) is 16.1. The van der Waals surface area contributed by atoms with Gasteiger partial charge in [0.25, 0.3) is 5.91 Å². The maximum atomic E-state index is 14.2. The van der Waals surface area contributed by atoms with Crippen molar-refractivity contribution in [1.82, 2.24) is 15.3 Å². The number of fused-ring (bicyclic) bond motifs is 1. The minimum absolute atomic E-state index is 0.267. The maximum Gasteiger partial charge on any atom is 0.255 e. The van der Waals surface area contributed by atoms with Crippen molar-refractivity contribution >= 4 is 44.7 Å². The lowest BCUT2D eigenvalue weighted by Gasteiger charge is -2.23. The van der Waals surface area contributed by atoms with Gasteiger partial charge in [-0.25, -0.2) is 14.4 Å².